The first-order chi connectivity index (χ1) is 9.10. The highest BCUT2D eigenvalue weighted by Gasteiger charge is 2.12. The molecule has 19 heavy (non-hydrogen) atoms. The van der Waals surface area contributed by atoms with Crippen molar-refractivity contribution in [3.8, 4) is 0 Å². The quantitative estimate of drug-likeness (QED) is 0.470. The molecule has 0 N–H and O–H groups in total. The van der Waals surface area contributed by atoms with Crippen LogP contribution in [0.4, 0.5) is 0 Å². The van der Waals surface area contributed by atoms with Crippen molar-refractivity contribution in [3.05, 3.63) is 45.6 Å². The van der Waals surface area contributed by atoms with Crippen LogP contribution in [0, 0.1) is 3.57 Å². The van der Waals surface area contributed by atoms with E-state index in [1.54, 1.807) is 10.8 Å². The van der Waals surface area contributed by atoms with E-state index in [4.69, 9.17) is 4.74 Å². The van der Waals surface area contributed by atoms with E-state index in [0.29, 0.717) is 12.1 Å². The minimum absolute atomic E-state index is 0.338. The fraction of sp³-hybridized carbons (Fsp3) is 0.231. The van der Waals surface area contributed by atoms with Crippen molar-refractivity contribution in [3.63, 3.8) is 0 Å². The third kappa shape index (κ3) is 3.46. The number of esters is 1. The third-order valence-corrected chi connectivity index (χ3v) is 3.42. The lowest BCUT2D eigenvalue weighted by Crippen LogP contribution is -2.10. The van der Waals surface area contributed by atoms with Crippen LogP contribution >= 0.6 is 22.6 Å². The molecule has 0 saturated carbocycles. The van der Waals surface area contributed by atoms with E-state index in [0.717, 1.165) is 9.26 Å². The van der Waals surface area contributed by atoms with Crippen LogP contribution in [0.1, 0.15) is 5.69 Å². The zero-order chi connectivity index (χ0) is 13.8. The average molecular weight is 371 g/mol. The lowest BCUT2D eigenvalue weighted by atomic mass is 10.2. The summed E-state index contributed by atoms with van der Waals surface area (Å²) in [4.78, 5) is 11.8. The van der Waals surface area contributed by atoms with Gasteiger partial charge in [0.25, 0.3) is 0 Å². The number of hydrogen-bond donors (Lipinski definition) is 0. The molecule has 0 bridgehead atoms. The van der Waals surface area contributed by atoms with Gasteiger partial charge in [0.2, 0.25) is 0 Å². The van der Waals surface area contributed by atoms with Gasteiger partial charge in [0.05, 0.1) is 28.5 Å². The molecule has 2 aromatic heterocycles. The van der Waals surface area contributed by atoms with Crippen LogP contribution in [0.2, 0.25) is 0 Å². The minimum atomic E-state index is -0.338. The molecular weight excluding hydrogens is 357 g/mol. The highest BCUT2D eigenvalue weighted by atomic mass is 127. The Hall–Kier alpha value is -1.57. The monoisotopic (exact) mass is 371 g/mol. The van der Waals surface area contributed by atoms with Gasteiger partial charge in [0.15, 0.2) is 0 Å². The first-order valence-electron chi connectivity index (χ1n) is 5.69. The normalized spacial score (nSPS) is 11.6. The summed E-state index contributed by atoms with van der Waals surface area (Å²) < 4.78 is 9.45. The van der Waals surface area contributed by atoms with E-state index < -0.39 is 0 Å². The van der Waals surface area contributed by atoms with Crippen LogP contribution in [0.3, 0.4) is 0 Å². The molecule has 0 aliphatic rings. The molecule has 2 rings (SSSR count). The Bertz CT molecular complexity index is 599. The van der Waals surface area contributed by atoms with Crippen LogP contribution in [0.5, 0.6) is 0 Å². The summed E-state index contributed by atoms with van der Waals surface area (Å²) >= 11 is 2.19. The largest absolute Gasteiger partial charge is 0.466 e. The fourth-order valence-corrected chi connectivity index (χ4v) is 2.38. The number of aromatic nitrogens is 3. The molecule has 100 valence electrons. The van der Waals surface area contributed by atoms with Gasteiger partial charge in [-0.15, -0.1) is 0 Å². The summed E-state index contributed by atoms with van der Waals surface area (Å²) in [7, 11) is 3.23. The van der Waals surface area contributed by atoms with Gasteiger partial charge in [-0.2, -0.15) is 5.10 Å². The Morgan fingerprint density at radius 1 is 1.47 bits per heavy atom. The molecule has 0 amide bonds. The number of rotatable bonds is 4. The maximum Gasteiger partial charge on any atom is 0.335 e. The van der Waals surface area contributed by atoms with Crippen molar-refractivity contribution in [2.75, 3.05) is 7.11 Å². The van der Waals surface area contributed by atoms with E-state index in [-0.39, 0.29) is 5.97 Å². The second-order valence-corrected chi connectivity index (χ2v) is 5.21. The molecule has 0 aliphatic carbocycles. The maximum absolute atomic E-state index is 11.8. The smallest absolute Gasteiger partial charge is 0.335 e. The number of carbonyl (C=O) groups excluding carboxylic acids is 1. The first kappa shape index (κ1) is 13.9. The second kappa shape index (κ2) is 6.05. The molecule has 0 radical (unpaired) electrons. The fourth-order valence-electron chi connectivity index (χ4n) is 1.71. The van der Waals surface area contributed by atoms with Crippen molar-refractivity contribution < 1.29 is 9.53 Å². The number of aryl methyl sites for hydroxylation is 1. The summed E-state index contributed by atoms with van der Waals surface area (Å²) in [6.45, 7) is 0.465. The molecule has 0 fully saturated rings. The zero-order valence-electron chi connectivity index (χ0n) is 10.7. The van der Waals surface area contributed by atoms with Gasteiger partial charge in [-0.1, -0.05) is 0 Å². The molecule has 0 unspecified atom stereocenters. The first-order valence-corrected chi connectivity index (χ1v) is 6.77. The van der Waals surface area contributed by atoms with Crippen LogP contribution in [-0.4, -0.2) is 27.4 Å². The van der Waals surface area contributed by atoms with Crippen LogP contribution in [0.15, 0.2) is 36.3 Å². The number of hydrogen-bond acceptors (Lipinski definition) is 3. The Morgan fingerprint density at radius 3 is 2.68 bits per heavy atom. The highest BCUT2D eigenvalue weighted by Crippen LogP contribution is 2.15. The lowest BCUT2D eigenvalue weighted by Gasteiger charge is -2.06. The summed E-state index contributed by atoms with van der Waals surface area (Å²) in [5.74, 6) is -0.338. The van der Waals surface area contributed by atoms with E-state index in [9.17, 15) is 4.79 Å². The maximum atomic E-state index is 11.8. The Balaban J connectivity index is 2.32. The van der Waals surface area contributed by atoms with Crippen molar-refractivity contribution in [2.45, 2.75) is 6.54 Å². The second-order valence-electron chi connectivity index (χ2n) is 4.05. The van der Waals surface area contributed by atoms with Crippen molar-refractivity contribution in [1.82, 2.24) is 14.3 Å². The summed E-state index contributed by atoms with van der Waals surface area (Å²) in [5.41, 5.74) is 1.34. The van der Waals surface area contributed by atoms with Gasteiger partial charge >= 0.3 is 5.97 Å². The van der Waals surface area contributed by atoms with E-state index in [1.807, 2.05) is 42.3 Å². The summed E-state index contributed by atoms with van der Waals surface area (Å²) in [5, 5.41) is 4.31. The van der Waals surface area contributed by atoms with Crippen LogP contribution < -0.4 is 0 Å². The van der Waals surface area contributed by atoms with Crippen molar-refractivity contribution in [2.24, 2.45) is 7.05 Å². The number of halogens is 1. The number of methoxy groups -OCH3 is 1. The molecule has 0 aliphatic heterocycles. The Morgan fingerprint density at radius 2 is 2.16 bits per heavy atom. The Labute approximate surface area is 125 Å². The molecule has 5 nitrogen and oxygen atoms in total. The van der Waals surface area contributed by atoms with Crippen LogP contribution in [0.25, 0.3) is 6.08 Å². The van der Waals surface area contributed by atoms with Crippen molar-refractivity contribution in [1.29, 1.82) is 0 Å². The molecule has 0 aromatic carbocycles. The molecule has 6 heteroatoms. The van der Waals surface area contributed by atoms with Gasteiger partial charge in [-0.3, -0.25) is 4.68 Å². The average Bonchev–Trinajstić information content (AvgIpc) is 2.98. The predicted molar refractivity (Wildman–Crippen MR) is 80.4 cm³/mol. The number of nitrogens with zero attached hydrogens (tertiary/aromatic N) is 3. The van der Waals surface area contributed by atoms with E-state index in [1.165, 1.54) is 7.11 Å². The molecule has 2 aromatic rings. The van der Waals surface area contributed by atoms with Gasteiger partial charge < -0.3 is 9.30 Å². The van der Waals surface area contributed by atoms with Gasteiger partial charge in [0.1, 0.15) is 0 Å². The summed E-state index contributed by atoms with van der Waals surface area (Å²) in [6.07, 6.45) is 7.48. The standard InChI is InChI=1S/C13H14IN3O2/c1-16-9-11(14)12(15-16)7-10(13(18)19-2)8-17-5-3-4-6-17/h3-7,9H,8H2,1-2H3/b10-7+. The third-order valence-electron chi connectivity index (χ3n) is 2.59. The van der Waals surface area contributed by atoms with Gasteiger partial charge in [-0.05, 0) is 40.8 Å². The van der Waals surface area contributed by atoms with E-state index in [2.05, 4.69) is 27.7 Å². The SMILES string of the molecule is COC(=O)/C(=C/c1nn(C)cc1I)Cn1cccc1. The number of ether oxygens (including phenoxy) is 1. The van der Waals surface area contributed by atoms with Gasteiger partial charge in [-0.25, -0.2) is 4.79 Å². The molecule has 0 saturated heterocycles. The molecule has 0 spiro atoms. The topological polar surface area (TPSA) is 49.0 Å². The zero-order valence-corrected chi connectivity index (χ0v) is 12.9. The number of carbonyl (C=O) groups is 1. The minimum Gasteiger partial charge on any atom is -0.466 e. The highest BCUT2D eigenvalue weighted by molar-refractivity contribution is 14.1. The molecular formula is C13H14IN3O2. The molecule has 2 heterocycles. The summed E-state index contributed by atoms with van der Waals surface area (Å²) in [6, 6.07) is 3.83. The van der Waals surface area contributed by atoms with E-state index >= 15 is 0 Å². The van der Waals surface area contributed by atoms with Gasteiger partial charge in [0, 0.05) is 25.6 Å². The Kier molecular flexibility index (Phi) is 4.41. The molecule has 0 atom stereocenters. The van der Waals surface area contributed by atoms with Crippen LogP contribution in [-0.2, 0) is 23.1 Å². The lowest BCUT2D eigenvalue weighted by molar-refractivity contribution is -0.136. The predicted octanol–water partition coefficient (Wildman–Crippen LogP) is 2.08. The van der Waals surface area contributed by atoms with Crippen molar-refractivity contribution >= 4 is 34.6 Å².